The molecule has 0 aromatic rings. The van der Waals surface area contributed by atoms with Gasteiger partial charge in [-0.25, -0.2) is 4.79 Å². The molecule has 4 aliphatic rings. The van der Waals surface area contributed by atoms with E-state index in [1.54, 1.807) is 6.92 Å². The Balaban J connectivity index is 2.00. The van der Waals surface area contributed by atoms with Crippen molar-refractivity contribution >= 4 is 17.7 Å². The highest BCUT2D eigenvalue weighted by Gasteiger charge is 2.64. The molecule has 4 N–H and O–H groups in total. The minimum absolute atomic E-state index is 0.0275. The number of methoxy groups -OCH3 is 1. The molecule has 1 saturated carbocycles. The summed E-state index contributed by atoms with van der Waals surface area (Å²) in [5.74, 6) is -3.07. The molecule has 0 bridgehead atoms. The molecular weight excluding hydrogens is 498 g/mol. The van der Waals surface area contributed by atoms with Gasteiger partial charge in [0.15, 0.2) is 5.76 Å². The van der Waals surface area contributed by atoms with Gasteiger partial charge in [-0.15, -0.1) is 0 Å². The number of cyclic esters (lactones) is 1. The quantitative estimate of drug-likeness (QED) is 0.253. The van der Waals surface area contributed by atoms with Crippen LogP contribution in [0, 0.1) is 16.7 Å². The van der Waals surface area contributed by atoms with Crippen LogP contribution in [0.1, 0.15) is 40.0 Å². The van der Waals surface area contributed by atoms with E-state index in [1.165, 1.54) is 25.1 Å². The number of Topliss-reactive ketones (excluding diaryl/α,β-unsaturated/α-hetero) is 1. The van der Waals surface area contributed by atoms with Crippen LogP contribution in [0.3, 0.4) is 0 Å². The zero-order valence-corrected chi connectivity index (χ0v) is 22.2. The van der Waals surface area contributed by atoms with Crippen LogP contribution in [0.4, 0.5) is 0 Å². The van der Waals surface area contributed by atoms with E-state index in [4.69, 9.17) is 14.2 Å². The van der Waals surface area contributed by atoms with Crippen molar-refractivity contribution < 1.29 is 49.0 Å². The molecule has 11 nitrogen and oxygen atoms in total. The fourth-order valence-electron chi connectivity index (χ4n) is 6.95. The van der Waals surface area contributed by atoms with Gasteiger partial charge in [0.1, 0.15) is 12.2 Å². The van der Waals surface area contributed by atoms with Gasteiger partial charge in [-0.1, -0.05) is 6.92 Å². The van der Waals surface area contributed by atoms with Gasteiger partial charge in [0.25, 0.3) is 0 Å². The molecule has 1 heterocycles. The number of hydrogen-bond donors (Lipinski definition) is 4. The van der Waals surface area contributed by atoms with E-state index < -0.39 is 58.5 Å². The fraction of sp³-hybridized carbons (Fsp3) is 0.667. The number of ketones is 1. The molecule has 2 fully saturated rings. The van der Waals surface area contributed by atoms with Gasteiger partial charge < -0.3 is 39.5 Å². The first-order valence-electron chi connectivity index (χ1n) is 12.9. The molecule has 6 atom stereocenters. The number of rotatable bonds is 8. The van der Waals surface area contributed by atoms with Crippen molar-refractivity contribution in [2.75, 3.05) is 40.0 Å². The number of allylic oxidation sites excluding steroid dienone is 1. The van der Waals surface area contributed by atoms with E-state index >= 15 is 0 Å². The molecule has 0 unspecified atom stereocenters. The topological polar surface area (TPSA) is 163 Å². The summed E-state index contributed by atoms with van der Waals surface area (Å²) in [6.45, 7) is 4.43. The van der Waals surface area contributed by atoms with Crippen LogP contribution < -0.4 is 0 Å². The molecule has 3 aliphatic carbocycles. The summed E-state index contributed by atoms with van der Waals surface area (Å²) in [5, 5.41) is 41.3. The van der Waals surface area contributed by atoms with Crippen molar-refractivity contribution in [2.24, 2.45) is 16.7 Å². The number of hydrogen-bond acceptors (Lipinski definition) is 11. The molecule has 1 saturated heterocycles. The maximum atomic E-state index is 13.9. The minimum Gasteiger partial charge on any atom is -0.504 e. The van der Waals surface area contributed by atoms with Gasteiger partial charge in [0.2, 0.25) is 5.78 Å². The lowest BCUT2D eigenvalue weighted by Gasteiger charge is -2.54. The highest BCUT2D eigenvalue weighted by Crippen LogP contribution is 2.63. The largest absolute Gasteiger partial charge is 0.504 e. The predicted molar refractivity (Wildman–Crippen MR) is 132 cm³/mol. The van der Waals surface area contributed by atoms with E-state index in [9.17, 15) is 34.8 Å². The van der Waals surface area contributed by atoms with Gasteiger partial charge in [0, 0.05) is 49.9 Å². The fourth-order valence-corrected chi connectivity index (χ4v) is 6.95. The summed E-state index contributed by atoms with van der Waals surface area (Å²) >= 11 is 0. The monoisotopic (exact) mass is 535 g/mol. The average Bonchev–Trinajstić information content (AvgIpc) is 3.13. The molecule has 0 radical (unpaired) electrons. The Labute approximate surface area is 221 Å². The van der Waals surface area contributed by atoms with E-state index in [0.717, 1.165) is 0 Å². The van der Waals surface area contributed by atoms with Crippen molar-refractivity contribution in [2.45, 2.75) is 58.3 Å². The lowest BCUT2D eigenvalue weighted by atomic mass is 9.53. The van der Waals surface area contributed by atoms with Crippen LogP contribution >= 0.6 is 0 Å². The molecule has 0 aromatic carbocycles. The summed E-state index contributed by atoms with van der Waals surface area (Å²) in [5.41, 5.74) is -1.42. The third kappa shape index (κ3) is 4.25. The van der Waals surface area contributed by atoms with E-state index in [0.29, 0.717) is 18.4 Å². The number of aliphatic hydroxyl groups is 4. The van der Waals surface area contributed by atoms with Crippen molar-refractivity contribution in [1.82, 2.24) is 4.90 Å². The maximum absolute atomic E-state index is 13.9. The Bertz CT molecular complexity index is 1100. The number of nitrogens with zero attached hydrogens (tertiary/aromatic N) is 1. The van der Waals surface area contributed by atoms with Crippen LogP contribution in [-0.2, 0) is 28.6 Å². The number of aliphatic hydroxyl groups excluding tert-OH is 4. The van der Waals surface area contributed by atoms with Crippen LogP contribution in [0.25, 0.3) is 0 Å². The van der Waals surface area contributed by atoms with Gasteiger partial charge in [0.05, 0.1) is 36.9 Å². The zero-order valence-electron chi connectivity index (χ0n) is 22.2. The minimum atomic E-state index is -1.32. The van der Waals surface area contributed by atoms with Crippen molar-refractivity contribution in [3.8, 4) is 0 Å². The maximum Gasteiger partial charge on any atom is 0.340 e. The molecule has 4 rings (SSSR count). The number of esters is 2. The molecule has 11 heteroatoms. The summed E-state index contributed by atoms with van der Waals surface area (Å²) in [6.07, 6.45) is -0.0400. The lowest BCUT2D eigenvalue weighted by molar-refractivity contribution is -0.161. The highest BCUT2D eigenvalue weighted by molar-refractivity contribution is 6.13. The molecule has 1 aliphatic heterocycles. The third-order valence-corrected chi connectivity index (χ3v) is 8.74. The third-order valence-electron chi connectivity index (χ3n) is 8.74. The summed E-state index contributed by atoms with van der Waals surface area (Å²) in [7, 11) is 1.44. The van der Waals surface area contributed by atoms with Crippen LogP contribution in [-0.4, -0.2) is 101 Å². The second-order valence-electron chi connectivity index (χ2n) is 10.9. The van der Waals surface area contributed by atoms with E-state index in [2.05, 4.69) is 0 Å². The Morgan fingerprint density at radius 1 is 1.18 bits per heavy atom. The van der Waals surface area contributed by atoms with Crippen LogP contribution in [0.5, 0.6) is 0 Å². The van der Waals surface area contributed by atoms with Crippen molar-refractivity contribution in [3.05, 3.63) is 34.3 Å². The lowest BCUT2D eigenvalue weighted by Crippen LogP contribution is -2.57. The second-order valence-corrected chi connectivity index (χ2v) is 10.9. The van der Waals surface area contributed by atoms with Gasteiger partial charge in [-0.2, -0.15) is 0 Å². The second kappa shape index (κ2) is 10.4. The summed E-state index contributed by atoms with van der Waals surface area (Å²) in [6, 6.07) is 0. The first-order valence-corrected chi connectivity index (χ1v) is 12.9. The summed E-state index contributed by atoms with van der Waals surface area (Å²) < 4.78 is 17.0. The summed E-state index contributed by atoms with van der Waals surface area (Å²) in [4.78, 5) is 41.0. The van der Waals surface area contributed by atoms with E-state index in [-0.39, 0.29) is 56.1 Å². The number of carbonyl (C=O) groups is 3. The van der Waals surface area contributed by atoms with Gasteiger partial charge in [-0.3, -0.25) is 9.59 Å². The van der Waals surface area contributed by atoms with Crippen LogP contribution in [0.15, 0.2) is 34.3 Å². The smallest absolute Gasteiger partial charge is 0.340 e. The zero-order chi connectivity index (χ0) is 28.0. The Morgan fingerprint density at radius 3 is 2.42 bits per heavy atom. The van der Waals surface area contributed by atoms with Crippen molar-refractivity contribution in [3.63, 3.8) is 0 Å². The Hall–Kier alpha value is -2.73. The normalized spacial score (nSPS) is 35.6. The molecular formula is C27H37NO10. The SMILES string of the molecule is COC[C@H]1OC(=O)/C(=C/N(CCO)CCO)C2=C(O)C(=O)C3=C([C@H](OC(C)=O)C[C@]4(C)[C@@H](O)CC[C@@H]34)[C@]21C. The van der Waals surface area contributed by atoms with Crippen LogP contribution in [0.2, 0.25) is 0 Å². The Kier molecular flexibility index (Phi) is 7.77. The number of ether oxygens (including phenoxy) is 3. The predicted octanol–water partition coefficient (Wildman–Crippen LogP) is 0.539. The van der Waals surface area contributed by atoms with Gasteiger partial charge in [-0.05, 0) is 37.7 Å². The standard InChI is InChI=1S/C27H37NO10/c1-14(31)37-17-11-26(2)16(5-6-18(26)32)20-22(17)27(3)19(13-36-4)38-25(35)15(21(27)24(34)23(20)33)12-28(7-9-29)8-10-30/h12,16-19,29-30,32,34H,5-11,13H2,1-4H3/b15-12+/t16-,17+,18-,19+,26-,27-/m0/s1. The molecule has 38 heavy (non-hydrogen) atoms. The van der Waals surface area contributed by atoms with Crippen molar-refractivity contribution in [1.29, 1.82) is 0 Å². The molecule has 0 spiro atoms. The first kappa shape index (κ1) is 28.3. The average molecular weight is 536 g/mol. The number of fused-ring (bicyclic) bond motifs is 4. The van der Waals surface area contributed by atoms with E-state index in [1.807, 2.05) is 6.92 Å². The molecule has 0 aromatic heterocycles. The Morgan fingerprint density at radius 2 is 1.84 bits per heavy atom. The molecule has 210 valence electrons. The first-order chi connectivity index (χ1) is 17.9. The molecule has 0 amide bonds. The highest BCUT2D eigenvalue weighted by atomic mass is 16.6. The van der Waals surface area contributed by atoms with Gasteiger partial charge >= 0.3 is 11.9 Å². The number of carbonyl (C=O) groups excluding carboxylic acids is 3.